The summed E-state index contributed by atoms with van der Waals surface area (Å²) in [5.74, 6) is 0.831. The molecule has 1 unspecified atom stereocenters. The van der Waals surface area contributed by atoms with Crippen LogP contribution in [0.5, 0.6) is 0 Å². The van der Waals surface area contributed by atoms with Gasteiger partial charge in [0.05, 0.1) is 0 Å². The summed E-state index contributed by atoms with van der Waals surface area (Å²) in [6, 6.07) is 0.207. The molecule has 13 heavy (non-hydrogen) atoms. The zero-order valence-corrected chi connectivity index (χ0v) is 8.25. The average molecular weight is 185 g/mol. The lowest BCUT2D eigenvalue weighted by atomic mass is 10.2. The van der Waals surface area contributed by atoms with Crippen molar-refractivity contribution in [3.8, 4) is 0 Å². The van der Waals surface area contributed by atoms with E-state index in [1.807, 2.05) is 6.92 Å². The van der Waals surface area contributed by atoms with E-state index in [1.165, 1.54) is 12.8 Å². The molecular formula is C10H19NO2. The van der Waals surface area contributed by atoms with Gasteiger partial charge >= 0.3 is 0 Å². The summed E-state index contributed by atoms with van der Waals surface area (Å²) < 4.78 is 0. The number of aliphatic hydroxyl groups excluding tert-OH is 1. The number of amides is 1. The van der Waals surface area contributed by atoms with Gasteiger partial charge in [0.15, 0.2) is 0 Å². The Morgan fingerprint density at radius 3 is 2.85 bits per heavy atom. The van der Waals surface area contributed by atoms with Crippen molar-refractivity contribution in [3.05, 3.63) is 0 Å². The molecule has 1 atom stereocenters. The van der Waals surface area contributed by atoms with Crippen LogP contribution in [-0.2, 0) is 4.79 Å². The van der Waals surface area contributed by atoms with Gasteiger partial charge in [-0.3, -0.25) is 4.79 Å². The maximum atomic E-state index is 11.3. The summed E-state index contributed by atoms with van der Waals surface area (Å²) >= 11 is 0. The molecule has 1 aliphatic rings. The van der Waals surface area contributed by atoms with Gasteiger partial charge in [0.2, 0.25) is 5.91 Å². The highest BCUT2D eigenvalue weighted by molar-refractivity contribution is 5.76. The largest absolute Gasteiger partial charge is 0.396 e. The first kappa shape index (κ1) is 10.5. The SMILES string of the molecule is CC(CCCO)NC(=O)CC1CC1. The lowest BCUT2D eigenvalue weighted by molar-refractivity contribution is -0.122. The van der Waals surface area contributed by atoms with E-state index in [9.17, 15) is 4.79 Å². The number of carbonyl (C=O) groups is 1. The van der Waals surface area contributed by atoms with Crippen molar-refractivity contribution in [2.45, 2.75) is 45.1 Å². The smallest absolute Gasteiger partial charge is 0.220 e. The number of carbonyl (C=O) groups excluding carboxylic acids is 1. The molecule has 0 aliphatic heterocycles. The summed E-state index contributed by atoms with van der Waals surface area (Å²) in [7, 11) is 0. The van der Waals surface area contributed by atoms with Crippen LogP contribution in [0.25, 0.3) is 0 Å². The van der Waals surface area contributed by atoms with Gasteiger partial charge in [-0.25, -0.2) is 0 Å². The Balaban J connectivity index is 2.03. The highest BCUT2D eigenvalue weighted by Crippen LogP contribution is 2.32. The van der Waals surface area contributed by atoms with Crippen LogP contribution in [0, 0.1) is 5.92 Å². The van der Waals surface area contributed by atoms with E-state index < -0.39 is 0 Å². The monoisotopic (exact) mass is 185 g/mol. The van der Waals surface area contributed by atoms with E-state index in [4.69, 9.17) is 5.11 Å². The predicted octanol–water partition coefficient (Wildman–Crippen LogP) is 1.06. The van der Waals surface area contributed by atoms with Crippen molar-refractivity contribution in [2.24, 2.45) is 5.92 Å². The zero-order chi connectivity index (χ0) is 9.68. The molecule has 76 valence electrons. The number of aliphatic hydroxyl groups is 1. The lowest BCUT2D eigenvalue weighted by Gasteiger charge is -2.12. The minimum atomic E-state index is 0.174. The van der Waals surface area contributed by atoms with Gasteiger partial charge in [0, 0.05) is 19.1 Å². The number of hydrogen-bond acceptors (Lipinski definition) is 2. The fourth-order valence-corrected chi connectivity index (χ4v) is 1.39. The van der Waals surface area contributed by atoms with E-state index in [0.717, 1.165) is 12.8 Å². The molecule has 0 spiro atoms. The summed E-state index contributed by atoms with van der Waals surface area (Å²) in [6.45, 7) is 2.20. The Morgan fingerprint density at radius 1 is 1.62 bits per heavy atom. The molecule has 1 aliphatic carbocycles. The fraction of sp³-hybridized carbons (Fsp3) is 0.900. The second-order valence-corrected chi connectivity index (χ2v) is 3.98. The molecule has 0 saturated heterocycles. The Kier molecular flexibility index (Phi) is 4.22. The molecule has 1 fully saturated rings. The van der Waals surface area contributed by atoms with Crippen molar-refractivity contribution in [1.82, 2.24) is 5.32 Å². The van der Waals surface area contributed by atoms with E-state index in [2.05, 4.69) is 5.32 Å². The van der Waals surface area contributed by atoms with Gasteiger partial charge < -0.3 is 10.4 Å². The predicted molar refractivity (Wildman–Crippen MR) is 51.3 cm³/mol. The molecule has 0 aromatic carbocycles. The molecule has 1 rings (SSSR count). The second-order valence-electron chi connectivity index (χ2n) is 3.98. The average Bonchev–Trinajstić information content (AvgIpc) is 2.84. The molecule has 0 aromatic heterocycles. The third-order valence-electron chi connectivity index (χ3n) is 2.37. The molecule has 2 N–H and O–H groups in total. The van der Waals surface area contributed by atoms with Crippen molar-refractivity contribution in [3.63, 3.8) is 0 Å². The minimum Gasteiger partial charge on any atom is -0.396 e. The van der Waals surface area contributed by atoms with Crippen molar-refractivity contribution in [2.75, 3.05) is 6.61 Å². The topological polar surface area (TPSA) is 49.3 Å². The Morgan fingerprint density at radius 2 is 2.31 bits per heavy atom. The van der Waals surface area contributed by atoms with E-state index >= 15 is 0 Å². The Hall–Kier alpha value is -0.570. The van der Waals surface area contributed by atoms with Crippen molar-refractivity contribution in [1.29, 1.82) is 0 Å². The Labute approximate surface area is 79.5 Å². The first-order valence-electron chi connectivity index (χ1n) is 5.12. The standard InChI is InChI=1S/C10H19NO2/c1-8(3-2-6-12)11-10(13)7-9-4-5-9/h8-9,12H,2-7H2,1H3,(H,11,13). The van der Waals surface area contributed by atoms with Crippen LogP contribution in [0.1, 0.15) is 39.0 Å². The van der Waals surface area contributed by atoms with E-state index in [-0.39, 0.29) is 18.6 Å². The number of hydrogen-bond donors (Lipinski definition) is 2. The van der Waals surface area contributed by atoms with Crippen LogP contribution in [0.2, 0.25) is 0 Å². The zero-order valence-electron chi connectivity index (χ0n) is 8.25. The maximum Gasteiger partial charge on any atom is 0.220 e. The van der Waals surface area contributed by atoms with E-state index in [0.29, 0.717) is 12.3 Å². The molecule has 0 radical (unpaired) electrons. The highest BCUT2D eigenvalue weighted by Gasteiger charge is 2.24. The number of rotatable bonds is 6. The minimum absolute atomic E-state index is 0.174. The fourth-order valence-electron chi connectivity index (χ4n) is 1.39. The molecule has 1 amide bonds. The summed E-state index contributed by atoms with van der Waals surface area (Å²) in [5, 5.41) is 11.5. The van der Waals surface area contributed by atoms with Gasteiger partial charge in [-0.15, -0.1) is 0 Å². The molecule has 3 nitrogen and oxygen atoms in total. The van der Waals surface area contributed by atoms with Gasteiger partial charge in [0.25, 0.3) is 0 Å². The van der Waals surface area contributed by atoms with E-state index in [1.54, 1.807) is 0 Å². The van der Waals surface area contributed by atoms with Crippen LogP contribution >= 0.6 is 0 Å². The van der Waals surface area contributed by atoms with Crippen molar-refractivity contribution < 1.29 is 9.90 Å². The molecule has 0 heterocycles. The van der Waals surface area contributed by atoms with Crippen LogP contribution in [-0.4, -0.2) is 23.7 Å². The maximum absolute atomic E-state index is 11.3. The summed E-state index contributed by atoms with van der Waals surface area (Å²) in [4.78, 5) is 11.3. The Bertz CT molecular complexity index is 166. The molecule has 3 heteroatoms. The lowest BCUT2D eigenvalue weighted by Crippen LogP contribution is -2.32. The summed E-state index contributed by atoms with van der Waals surface area (Å²) in [5.41, 5.74) is 0. The third-order valence-corrected chi connectivity index (χ3v) is 2.37. The molecule has 0 bridgehead atoms. The van der Waals surface area contributed by atoms with Crippen molar-refractivity contribution >= 4 is 5.91 Å². The van der Waals surface area contributed by atoms with Gasteiger partial charge in [0.1, 0.15) is 0 Å². The third kappa shape index (κ3) is 4.88. The van der Waals surface area contributed by atoms with Gasteiger partial charge in [-0.05, 0) is 38.5 Å². The van der Waals surface area contributed by atoms with Crippen LogP contribution in [0.3, 0.4) is 0 Å². The summed E-state index contributed by atoms with van der Waals surface area (Å²) in [6.07, 6.45) is 4.78. The van der Waals surface area contributed by atoms with Crippen LogP contribution in [0.15, 0.2) is 0 Å². The molecule has 1 saturated carbocycles. The first-order chi connectivity index (χ1) is 6.22. The van der Waals surface area contributed by atoms with Gasteiger partial charge in [-0.2, -0.15) is 0 Å². The highest BCUT2D eigenvalue weighted by atomic mass is 16.2. The normalized spacial score (nSPS) is 18.3. The first-order valence-corrected chi connectivity index (χ1v) is 5.12. The quantitative estimate of drug-likeness (QED) is 0.650. The molecule has 0 aromatic rings. The van der Waals surface area contributed by atoms with Crippen LogP contribution in [0.4, 0.5) is 0 Å². The number of nitrogens with one attached hydrogen (secondary N) is 1. The molecular weight excluding hydrogens is 166 g/mol. The second kappa shape index (κ2) is 5.22. The van der Waals surface area contributed by atoms with Crippen LogP contribution < -0.4 is 5.32 Å². The van der Waals surface area contributed by atoms with Gasteiger partial charge in [-0.1, -0.05) is 0 Å².